The molecule has 1 aliphatic heterocycles. The van der Waals surface area contributed by atoms with Crippen LogP contribution >= 0.6 is 23.2 Å². The molecule has 1 saturated heterocycles. The molecule has 3 rings (SSSR count). The molecule has 2 aromatic rings. The molecule has 30 heavy (non-hydrogen) atoms. The molecule has 2 heterocycles. The van der Waals surface area contributed by atoms with Gasteiger partial charge in [-0.15, -0.1) is 0 Å². The molecule has 6 nitrogen and oxygen atoms in total. The smallest absolute Gasteiger partial charge is 0.295 e. The fourth-order valence-electron chi connectivity index (χ4n) is 3.83. The molecule has 2 atom stereocenters. The first-order valence-corrected chi connectivity index (χ1v) is 10.4. The van der Waals surface area contributed by atoms with Crippen molar-refractivity contribution < 1.29 is 14.4 Å². The van der Waals surface area contributed by atoms with E-state index in [9.17, 15) is 19.2 Å². The summed E-state index contributed by atoms with van der Waals surface area (Å²) in [6, 6.07) is 5.61. The molecular formula is C22H22Cl2N2O4. The number of hydrogen-bond donors (Lipinski definition) is 0. The number of aromatic nitrogens is 1. The average molecular weight is 449 g/mol. The maximum Gasteiger partial charge on any atom is 0.295 e. The van der Waals surface area contributed by atoms with Gasteiger partial charge in [-0.05, 0) is 43.2 Å². The second-order valence-corrected chi connectivity index (χ2v) is 8.50. The third-order valence-electron chi connectivity index (χ3n) is 5.38. The number of carbonyl (C=O) groups is 3. The predicted molar refractivity (Wildman–Crippen MR) is 116 cm³/mol. The number of ketones is 2. The Kier molecular flexibility index (Phi) is 6.20. The molecule has 0 N–H and O–H groups in total. The van der Waals surface area contributed by atoms with Crippen LogP contribution in [-0.4, -0.2) is 22.0 Å². The first kappa shape index (κ1) is 22.2. The number of halogens is 2. The summed E-state index contributed by atoms with van der Waals surface area (Å²) in [5.74, 6) is -3.47. The van der Waals surface area contributed by atoms with E-state index in [1.165, 1.54) is 21.7 Å². The number of benzene rings is 1. The van der Waals surface area contributed by atoms with Crippen molar-refractivity contribution in [3.63, 3.8) is 0 Å². The summed E-state index contributed by atoms with van der Waals surface area (Å²) in [5.41, 5.74) is 1.28. The third-order valence-corrected chi connectivity index (χ3v) is 5.88. The first-order valence-electron chi connectivity index (χ1n) is 9.65. The maximum atomic E-state index is 13.1. The number of aryl methyl sites for hydroxylation is 2. The lowest BCUT2D eigenvalue weighted by atomic mass is 9.83. The lowest BCUT2D eigenvalue weighted by Gasteiger charge is -2.29. The van der Waals surface area contributed by atoms with Gasteiger partial charge in [-0.1, -0.05) is 43.1 Å². The molecule has 1 amide bonds. The van der Waals surface area contributed by atoms with Crippen LogP contribution in [0.2, 0.25) is 10.0 Å². The van der Waals surface area contributed by atoms with Gasteiger partial charge in [-0.25, -0.2) is 0 Å². The Balaban J connectivity index is 2.28. The quantitative estimate of drug-likeness (QED) is 0.511. The van der Waals surface area contributed by atoms with E-state index in [0.717, 1.165) is 5.56 Å². The summed E-state index contributed by atoms with van der Waals surface area (Å²) in [5, 5.41) is 0.438. The number of carbonyl (C=O) groups excluding carboxylic acids is 3. The number of nitrogens with zero attached hydrogens (tertiary/aromatic N) is 2. The highest BCUT2D eigenvalue weighted by atomic mass is 35.5. The van der Waals surface area contributed by atoms with Crippen molar-refractivity contribution >= 4 is 46.4 Å². The van der Waals surface area contributed by atoms with Crippen LogP contribution < -0.4 is 10.5 Å². The summed E-state index contributed by atoms with van der Waals surface area (Å²) >= 11 is 12.2. The van der Waals surface area contributed by atoms with Crippen LogP contribution in [0, 0.1) is 18.8 Å². The Labute approximate surface area is 184 Å². The Hall–Kier alpha value is -2.44. The van der Waals surface area contributed by atoms with Crippen LogP contribution in [0.25, 0.3) is 0 Å². The van der Waals surface area contributed by atoms with Gasteiger partial charge in [0, 0.05) is 23.7 Å². The topological polar surface area (TPSA) is 76.5 Å². The summed E-state index contributed by atoms with van der Waals surface area (Å²) in [7, 11) is 0. The molecule has 0 aliphatic carbocycles. The van der Waals surface area contributed by atoms with Gasteiger partial charge in [0.1, 0.15) is 16.7 Å². The highest BCUT2D eigenvalue weighted by molar-refractivity contribution is 6.48. The van der Waals surface area contributed by atoms with Crippen molar-refractivity contribution in [1.29, 1.82) is 0 Å². The Morgan fingerprint density at radius 1 is 1.13 bits per heavy atom. The molecule has 8 heteroatoms. The fraction of sp³-hybridized carbons (Fsp3) is 0.364. The lowest BCUT2D eigenvalue weighted by Crippen LogP contribution is -2.33. The minimum atomic E-state index is -1.15. The van der Waals surface area contributed by atoms with Crippen molar-refractivity contribution in [2.24, 2.45) is 11.8 Å². The number of anilines is 1. The molecule has 0 bridgehead atoms. The number of rotatable bonds is 5. The number of amides is 1. The molecule has 1 aromatic carbocycles. The van der Waals surface area contributed by atoms with E-state index >= 15 is 0 Å². The van der Waals surface area contributed by atoms with Crippen LogP contribution in [0.4, 0.5) is 5.69 Å². The molecule has 0 saturated carbocycles. The van der Waals surface area contributed by atoms with E-state index in [1.807, 2.05) is 6.92 Å². The fourth-order valence-corrected chi connectivity index (χ4v) is 4.28. The first-order chi connectivity index (χ1) is 14.1. The monoisotopic (exact) mass is 448 g/mol. The Morgan fingerprint density at radius 2 is 1.80 bits per heavy atom. The van der Waals surface area contributed by atoms with Gasteiger partial charge >= 0.3 is 0 Å². The van der Waals surface area contributed by atoms with Crippen LogP contribution in [0.5, 0.6) is 0 Å². The van der Waals surface area contributed by atoms with Crippen LogP contribution in [0.15, 0.2) is 35.3 Å². The SMILES string of the molecule is CCn1cc(N2C(=O)C(=O)C(C(=O)C(C)C)C2c2ccc(Cl)cc2C)cc(Cl)c1=O. The minimum Gasteiger partial charge on any atom is -0.312 e. The number of hydrogen-bond acceptors (Lipinski definition) is 4. The second-order valence-electron chi connectivity index (χ2n) is 7.66. The van der Waals surface area contributed by atoms with E-state index < -0.39 is 35.1 Å². The number of pyridine rings is 1. The van der Waals surface area contributed by atoms with Gasteiger partial charge in [0.2, 0.25) is 5.78 Å². The highest BCUT2D eigenvalue weighted by Gasteiger charge is 2.53. The highest BCUT2D eigenvalue weighted by Crippen LogP contribution is 2.42. The van der Waals surface area contributed by atoms with Gasteiger partial charge in [0.05, 0.1) is 11.7 Å². The largest absolute Gasteiger partial charge is 0.312 e. The van der Waals surface area contributed by atoms with Gasteiger partial charge in [-0.2, -0.15) is 0 Å². The standard InChI is InChI=1S/C22H22Cl2N2O4/c1-5-25-10-14(9-16(24)21(25)29)26-18(15-7-6-13(23)8-12(15)4)17(19(27)11(2)3)20(28)22(26)30/h6-11,17-18H,5H2,1-4H3. The van der Waals surface area contributed by atoms with Crippen molar-refractivity contribution in [1.82, 2.24) is 4.57 Å². The van der Waals surface area contributed by atoms with Crippen LogP contribution in [0.3, 0.4) is 0 Å². The average Bonchev–Trinajstić information content (AvgIpc) is 2.94. The molecular weight excluding hydrogens is 427 g/mol. The van der Waals surface area contributed by atoms with Gasteiger partial charge < -0.3 is 4.57 Å². The number of Topliss-reactive ketones (excluding diaryl/α,β-unsaturated/α-hetero) is 2. The molecule has 1 aromatic heterocycles. The third kappa shape index (κ3) is 3.70. The van der Waals surface area contributed by atoms with E-state index in [4.69, 9.17) is 23.2 Å². The zero-order valence-corrected chi connectivity index (χ0v) is 18.6. The van der Waals surface area contributed by atoms with Gasteiger partial charge in [0.25, 0.3) is 11.5 Å². The Morgan fingerprint density at radius 3 is 2.37 bits per heavy atom. The molecule has 158 valence electrons. The van der Waals surface area contributed by atoms with Crippen LogP contribution in [0.1, 0.15) is 37.9 Å². The lowest BCUT2D eigenvalue weighted by molar-refractivity contribution is -0.139. The summed E-state index contributed by atoms with van der Waals surface area (Å²) in [4.78, 5) is 52.5. The summed E-state index contributed by atoms with van der Waals surface area (Å²) < 4.78 is 1.36. The van der Waals surface area contributed by atoms with Crippen LogP contribution in [-0.2, 0) is 20.9 Å². The van der Waals surface area contributed by atoms with Crippen molar-refractivity contribution in [2.75, 3.05) is 4.90 Å². The Bertz CT molecular complexity index is 1110. The van der Waals surface area contributed by atoms with Crippen molar-refractivity contribution in [2.45, 2.75) is 40.3 Å². The zero-order chi connectivity index (χ0) is 22.3. The molecule has 1 fully saturated rings. The van der Waals surface area contributed by atoms with E-state index in [2.05, 4.69) is 0 Å². The maximum absolute atomic E-state index is 13.1. The summed E-state index contributed by atoms with van der Waals surface area (Å²) in [6.45, 7) is 7.31. The molecule has 1 aliphatic rings. The minimum absolute atomic E-state index is 0.0696. The van der Waals surface area contributed by atoms with E-state index in [0.29, 0.717) is 22.8 Å². The van der Waals surface area contributed by atoms with Crippen molar-refractivity contribution in [3.8, 4) is 0 Å². The van der Waals surface area contributed by atoms with Gasteiger partial charge in [-0.3, -0.25) is 24.1 Å². The summed E-state index contributed by atoms with van der Waals surface area (Å²) in [6.07, 6.45) is 1.49. The van der Waals surface area contributed by atoms with E-state index in [-0.39, 0.29) is 10.8 Å². The second kappa shape index (κ2) is 8.36. The normalized spacial score (nSPS) is 19.1. The molecule has 0 spiro atoms. The van der Waals surface area contributed by atoms with E-state index in [1.54, 1.807) is 39.0 Å². The van der Waals surface area contributed by atoms with Gasteiger partial charge in [0.15, 0.2) is 0 Å². The van der Waals surface area contributed by atoms with Crippen molar-refractivity contribution in [3.05, 3.63) is 62.0 Å². The molecule has 2 unspecified atom stereocenters. The molecule has 0 radical (unpaired) electrons. The predicted octanol–water partition coefficient (Wildman–Crippen LogP) is 3.98. The zero-order valence-electron chi connectivity index (χ0n) is 17.1.